The summed E-state index contributed by atoms with van der Waals surface area (Å²) < 4.78 is 7.34. The molecule has 0 spiro atoms. The summed E-state index contributed by atoms with van der Waals surface area (Å²) in [5.74, 6) is 0.735. The fourth-order valence-electron chi connectivity index (χ4n) is 2.15. The van der Waals surface area contributed by atoms with Crippen LogP contribution in [0.5, 0.6) is 5.75 Å². The molecule has 0 saturated heterocycles. The van der Waals surface area contributed by atoms with Crippen molar-refractivity contribution >= 4 is 17.4 Å². The van der Waals surface area contributed by atoms with Crippen LogP contribution in [0, 0.1) is 0 Å². The molecule has 9 heteroatoms. The largest absolute Gasteiger partial charge is 0.497 e. The number of aryl methyl sites for hydroxylation is 1. The Morgan fingerprint density at radius 3 is 2.48 bits per heavy atom. The zero-order valence-electron chi connectivity index (χ0n) is 12.8. The molecule has 0 aliphatic rings. The maximum absolute atomic E-state index is 12.0. The topological polar surface area (TPSA) is 96.3 Å². The normalized spacial score (nSPS) is 11.4. The van der Waals surface area contributed by atoms with Crippen molar-refractivity contribution < 1.29 is 4.74 Å². The predicted octanol–water partition coefficient (Wildman–Crippen LogP) is -0.280. The van der Waals surface area contributed by atoms with Crippen molar-refractivity contribution in [1.82, 2.24) is 24.2 Å². The van der Waals surface area contributed by atoms with E-state index in [0.717, 1.165) is 20.7 Å². The smallest absolute Gasteiger partial charge is 0.332 e. The average molecular weight is 314 g/mol. The molecular weight excluding hydrogens is 300 g/mol. The Balaban J connectivity index is 2.08. The van der Waals surface area contributed by atoms with E-state index >= 15 is 0 Å². The van der Waals surface area contributed by atoms with E-state index in [2.05, 4.69) is 15.4 Å². The number of benzene rings is 1. The lowest BCUT2D eigenvalue weighted by atomic mass is 10.2. The quantitative estimate of drug-likeness (QED) is 0.619. The minimum atomic E-state index is -0.506. The van der Waals surface area contributed by atoms with Crippen LogP contribution in [0.2, 0.25) is 0 Å². The fraction of sp³-hybridized carbons (Fsp3) is 0.214. The van der Waals surface area contributed by atoms with Crippen LogP contribution in [0.3, 0.4) is 0 Å². The van der Waals surface area contributed by atoms with Gasteiger partial charge in [0, 0.05) is 14.1 Å². The zero-order valence-corrected chi connectivity index (χ0v) is 12.8. The van der Waals surface area contributed by atoms with Crippen LogP contribution < -0.4 is 16.0 Å². The number of rotatable bonds is 3. The molecule has 0 radical (unpaired) electrons. The molecule has 0 aliphatic heterocycles. The highest BCUT2D eigenvalue weighted by Gasteiger charge is 2.14. The van der Waals surface area contributed by atoms with Gasteiger partial charge in [0.1, 0.15) is 5.75 Å². The van der Waals surface area contributed by atoms with E-state index in [1.54, 1.807) is 25.5 Å². The molecule has 118 valence electrons. The minimum absolute atomic E-state index is 0.0847. The number of methoxy groups -OCH3 is 1. The summed E-state index contributed by atoms with van der Waals surface area (Å²) in [5.41, 5.74) is 0.160. The van der Waals surface area contributed by atoms with E-state index in [-0.39, 0.29) is 11.2 Å². The molecule has 0 aliphatic carbocycles. The van der Waals surface area contributed by atoms with E-state index in [1.165, 1.54) is 18.7 Å². The lowest BCUT2D eigenvalue weighted by Crippen LogP contribution is -2.37. The van der Waals surface area contributed by atoms with Gasteiger partial charge in [0.05, 0.1) is 13.3 Å². The highest BCUT2D eigenvalue weighted by molar-refractivity contribution is 5.80. The van der Waals surface area contributed by atoms with Gasteiger partial charge < -0.3 is 4.74 Å². The van der Waals surface area contributed by atoms with Crippen LogP contribution >= 0.6 is 0 Å². The summed E-state index contributed by atoms with van der Waals surface area (Å²) in [6.07, 6.45) is 1.55. The average Bonchev–Trinajstić information content (AvgIpc) is 3.00. The summed E-state index contributed by atoms with van der Waals surface area (Å²) >= 11 is 0. The second-order valence-corrected chi connectivity index (χ2v) is 4.87. The molecule has 0 atom stereocenters. The van der Waals surface area contributed by atoms with Gasteiger partial charge in [-0.1, -0.05) is 0 Å². The van der Waals surface area contributed by atoms with Crippen LogP contribution in [0.4, 0.5) is 0 Å². The first-order valence-corrected chi connectivity index (χ1v) is 6.72. The molecule has 3 rings (SSSR count). The van der Waals surface area contributed by atoms with Crippen molar-refractivity contribution in [3.8, 4) is 5.75 Å². The minimum Gasteiger partial charge on any atom is -0.497 e. The van der Waals surface area contributed by atoms with Crippen molar-refractivity contribution in [2.45, 2.75) is 0 Å². The van der Waals surface area contributed by atoms with E-state index in [9.17, 15) is 9.59 Å². The lowest BCUT2D eigenvalue weighted by molar-refractivity contribution is 0.415. The number of hydrogen-bond donors (Lipinski definition) is 0. The molecule has 1 aromatic carbocycles. The molecule has 0 N–H and O–H groups in total. The van der Waals surface area contributed by atoms with Gasteiger partial charge in [-0.15, -0.1) is 9.89 Å². The number of nitrogens with zero attached hydrogens (tertiary/aromatic N) is 6. The standard InChI is InChI=1S/C14H14N6O3/c1-18-12-11(13(21)19(2)14(18)22)16-17-20(12)15-8-9-4-6-10(23-3)7-5-9/h4-8H,1-3H3/b15-8+. The summed E-state index contributed by atoms with van der Waals surface area (Å²) in [7, 11) is 4.52. The first-order valence-electron chi connectivity index (χ1n) is 6.72. The SMILES string of the molecule is COc1ccc(/C=N/n2nnc3c(=O)n(C)c(=O)n(C)c32)cc1. The second kappa shape index (κ2) is 5.52. The molecule has 9 nitrogen and oxygen atoms in total. The third-order valence-corrected chi connectivity index (χ3v) is 3.46. The maximum Gasteiger partial charge on any atom is 0.332 e. The van der Waals surface area contributed by atoms with E-state index in [0.29, 0.717) is 0 Å². The molecule has 2 aromatic heterocycles. The Kier molecular flexibility index (Phi) is 3.53. The van der Waals surface area contributed by atoms with E-state index in [1.807, 2.05) is 12.1 Å². The van der Waals surface area contributed by atoms with E-state index < -0.39 is 11.2 Å². The van der Waals surface area contributed by atoms with Crippen molar-refractivity contribution in [1.29, 1.82) is 0 Å². The number of hydrogen-bond acceptors (Lipinski definition) is 6. The highest BCUT2D eigenvalue weighted by Crippen LogP contribution is 2.10. The molecular formula is C14H14N6O3. The summed E-state index contributed by atoms with van der Waals surface area (Å²) in [5, 5.41) is 11.8. The first-order chi connectivity index (χ1) is 11.0. The van der Waals surface area contributed by atoms with Crippen LogP contribution in [-0.4, -0.2) is 37.6 Å². The summed E-state index contributed by atoms with van der Waals surface area (Å²) in [6, 6.07) is 7.23. The van der Waals surface area contributed by atoms with Crippen molar-refractivity contribution in [2.75, 3.05) is 7.11 Å². The number of aromatic nitrogens is 5. The predicted molar refractivity (Wildman–Crippen MR) is 84.0 cm³/mol. The number of ether oxygens (including phenoxy) is 1. The first kappa shape index (κ1) is 14.7. The molecule has 0 saturated carbocycles. The maximum atomic E-state index is 12.0. The zero-order chi connectivity index (χ0) is 16.6. The van der Waals surface area contributed by atoms with Crippen LogP contribution in [0.1, 0.15) is 5.56 Å². The van der Waals surface area contributed by atoms with Gasteiger partial charge in [-0.05, 0) is 35.0 Å². The Bertz CT molecular complexity index is 1010. The van der Waals surface area contributed by atoms with Crippen molar-refractivity contribution in [3.63, 3.8) is 0 Å². The highest BCUT2D eigenvalue weighted by atomic mass is 16.5. The third kappa shape index (κ3) is 2.41. The molecule has 0 unspecified atom stereocenters. The van der Waals surface area contributed by atoms with Gasteiger partial charge in [0.25, 0.3) is 5.56 Å². The van der Waals surface area contributed by atoms with Crippen molar-refractivity contribution in [2.24, 2.45) is 19.2 Å². The summed E-state index contributed by atoms with van der Waals surface area (Å²) in [4.78, 5) is 25.2. The summed E-state index contributed by atoms with van der Waals surface area (Å²) in [6.45, 7) is 0. The molecule has 0 amide bonds. The fourth-order valence-corrected chi connectivity index (χ4v) is 2.15. The van der Waals surface area contributed by atoms with Gasteiger partial charge in [-0.3, -0.25) is 13.9 Å². The van der Waals surface area contributed by atoms with Gasteiger partial charge in [0.15, 0.2) is 11.2 Å². The Morgan fingerprint density at radius 1 is 1.13 bits per heavy atom. The lowest BCUT2D eigenvalue weighted by Gasteiger charge is -2.03. The second-order valence-electron chi connectivity index (χ2n) is 4.87. The molecule has 2 heterocycles. The van der Waals surface area contributed by atoms with Crippen LogP contribution in [0.25, 0.3) is 11.2 Å². The van der Waals surface area contributed by atoms with Gasteiger partial charge in [0.2, 0.25) is 0 Å². The molecule has 0 bridgehead atoms. The van der Waals surface area contributed by atoms with Gasteiger partial charge in [-0.2, -0.15) is 5.10 Å². The Morgan fingerprint density at radius 2 is 1.83 bits per heavy atom. The van der Waals surface area contributed by atoms with Gasteiger partial charge >= 0.3 is 5.69 Å². The molecule has 3 aromatic rings. The third-order valence-electron chi connectivity index (χ3n) is 3.46. The molecule has 0 fully saturated rings. The van der Waals surface area contributed by atoms with Crippen LogP contribution in [0.15, 0.2) is 39.0 Å². The monoisotopic (exact) mass is 314 g/mol. The van der Waals surface area contributed by atoms with Crippen LogP contribution in [-0.2, 0) is 14.1 Å². The van der Waals surface area contributed by atoms with Crippen molar-refractivity contribution in [3.05, 3.63) is 50.7 Å². The Hall–Kier alpha value is -3.23. The van der Waals surface area contributed by atoms with E-state index in [4.69, 9.17) is 4.74 Å². The Labute approximate surface area is 130 Å². The number of fused-ring (bicyclic) bond motifs is 1. The molecule has 23 heavy (non-hydrogen) atoms. The van der Waals surface area contributed by atoms with Gasteiger partial charge in [-0.25, -0.2) is 4.79 Å².